The molecule has 0 spiro atoms. The molecule has 3 rings (SSSR count). The summed E-state index contributed by atoms with van der Waals surface area (Å²) in [5.41, 5.74) is -0.667. The predicted molar refractivity (Wildman–Crippen MR) is 84.8 cm³/mol. The lowest BCUT2D eigenvalue weighted by atomic mass is 9.72. The van der Waals surface area contributed by atoms with Gasteiger partial charge in [-0.05, 0) is 76.7 Å². The van der Waals surface area contributed by atoms with Gasteiger partial charge in [-0.25, -0.2) is 0 Å². The number of allylic oxidation sites excluding steroid dienone is 1. The minimum absolute atomic E-state index is 0.00908. The van der Waals surface area contributed by atoms with Crippen LogP contribution in [0, 0.1) is 29.1 Å². The van der Waals surface area contributed by atoms with E-state index < -0.39 is 0 Å². The molecule has 0 heterocycles. The van der Waals surface area contributed by atoms with Crippen molar-refractivity contribution < 1.29 is 9.53 Å². The number of esters is 1. The summed E-state index contributed by atoms with van der Waals surface area (Å²) < 4.78 is 6.21. The van der Waals surface area contributed by atoms with E-state index >= 15 is 0 Å². The van der Waals surface area contributed by atoms with Crippen molar-refractivity contribution in [1.29, 1.82) is 0 Å². The van der Waals surface area contributed by atoms with Gasteiger partial charge in [0.1, 0.15) is 5.60 Å². The molecule has 2 nitrogen and oxygen atoms in total. The Morgan fingerprint density at radius 1 is 1.33 bits per heavy atom. The van der Waals surface area contributed by atoms with Gasteiger partial charge in [-0.2, -0.15) is 0 Å². The van der Waals surface area contributed by atoms with Crippen molar-refractivity contribution in [3.63, 3.8) is 0 Å². The highest BCUT2D eigenvalue weighted by molar-refractivity contribution is 5.76. The molecule has 5 atom stereocenters. The number of fused-ring (bicyclic) bond motifs is 5. The lowest BCUT2D eigenvalue weighted by Crippen LogP contribution is -2.46. The third-order valence-corrected chi connectivity index (χ3v) is 6.68. The van der Waals surface area contributed by atoms with E-state index in [0.717, 1.165) is 30.6 Å². The molecule has 0 N–H and O–H groups in total. The first-order valence-corrected chi connectivity index (χ1v) is 8.81. The second kappa shape index (κ2) is 5.14. The molecule has 5 unspecified atom stereocenters. The third-order valence-electron chi connectivity index (χ3n) is 6.68. The van der Waals surface area contributed by atoms with Gasteiger partial charge >= 0.3 is 5.97 Å². The van der Waals surface area contributed by atoms with Gasteiger partial charge < -0.3 is 4.74 Å². The summed E-state index contributed by atoms with van der Waals surface area (Å²) in [5.74, 6) is 3.08. The van der Waals surface area contributed by atoms with Crippen LogP contribution in [0.4, 0.5) is 0 Å². The first kappa shape index (κ1) is 15.1. The van der Waals surface area contributed by atoms with Crippen molar-refractivity contribution in [1.82, 2.24) is 0 Å². The van der Waals surface area contributed by atoms with Crippen LogP contribution in [0.3, 0.4) is 0 Å². The van der Waals surface area contributed by atoms with Crippen LogP contribution in [-0.4, -0.2) is 11.6 Å². The van der Waals surface area contributed by atoms with Crippen LogP contribution in [0.1, 0.15) is 66.2 Å². The van der Waals surface area contributed by atoms with Crippen LogP contribution < -0.4 is 0 Å². The lowest BCUT2D eigenvalue weighted by Gasteiger charge is -2.42. The van der Waals surface area contributed by atoms with E-state index in [2.05, 4.69) is 26.0 Å². The second-order valence-corrected chi connectivity index (χ2v) is 8.15. The van der Waals surface area contributed by atoms with Crippen LogP contribution in [0.25, 0.3) is 0 Å². The number of hydrogen-bond acceptors (Lipinski definition) is 2. The molecule has 0 aromatic carbocycles. The molecule has 0 radical (unpaired) electrons. The van der Waals surface area contributed by atoms with Crippen molar-refractivity contribution >= 4 is 5.97 Å². The van der Waals surface area contributed by atoms with Gasteiger partial charge in [0.2, 0.25) is 0 Å². The van der Waals surface area contributed by atoms with Gasteiger partial charge in [0.15, 0.2) is 0 Å². The molecule has 118 valence electrons. The summed E-state index contributed by atoms with van der Waals surface area (Å²) in [7, 11) is 0. The van der Waals surface area contributed by atoms with Gasteiger partial charge in [0.25, 0.3) is 0 Å². The Hall–Kier alpha value is -0.790. The Labute approximate surface area is 129 Å². The zero-order valence-electron chi connectivity index (χ0n) is 14.0. The molecule has 0 saturated heterocycles. The van der Waals surface area contributed by atoms with Gasteiger partial charge in [-0.1, -0.05) is 19.4 Å². The number of carbonyl (C=O) groups excluding carboxylic acids is 1. The van der Waals surface area contributed by atoms with Crippen LogP contribution in [0.2, 0.25) is 0 Å². The molecular weight excluding hydrogens is 260 g/mol. The number of hydrogen-bond donors (Lipinski definition) is 0. The van der Waals surface area contributed by atoms with Gasteiger partial charge in [-0.3, -0.25) is 4.79 Å². The summed E-state index contributed by atoms with van der Waals surface area (Å²) in [4.78, 5) is 12.6. The maximum atomic E-state index is 12.6. The Bertz CT molecular complexity index is 450. The van der Waals surface area contributed by atoms with Crippen LogP contribution in [-0.2, 0) is 9.53 Å². The van der Waals surface area contributed by atoms with Crippen LogP contribution >= 0.6 is 0 Å². The molecule has 3 fully saturated rings. The lowest BCUT2D eigenvalue weighted by molar-refractivity contribution is -0.173. The average Bonchev–Trinajstić information content (AvgIpc) is 3.09. The van der Waals surface area contributed by atoms with Gasteiger partial charge in [-0.15, -0.1) is 0 Å². The highest BCUT2D eigenvalue weighted by atomic mass is 16.6. The van der Waals surface area contributed by atoms with Crippen molar-refractivity contribution in [3.8, 4) is 0 Å². The predicted octanol–water partition coefficient (Wildman–Crippen LogP) is 4.74. The van der Waals surface area contributed by atoms with E-state index in [1.807, 2.05) is 13.8 Å². The zero-order valence-corrected chi connectivity index (χ0v) is 14.0. The zero-order chi connectivity index (χ0) is 15.3. The summed E-state index contributed by atoms with van der Waals surface area (Å²) in [6.07, 6.45) is 11.6. The molecule has 0 aromatic heterocycles. The summed E-state index contributed by atoms with van der Waals surface area (Å²) in [6.45, 7) is 8.13. The van der Waals surface area contributed by atoms with Crippen molar-refractivity contribution in [3.05, 3.63) is 12.2 Å². The largest absolute Gasteiger partial charge is 0.454 e. The summed E-state index contributed by atoms with van der Waals surface area (Å²) in [6, 6.07) is 0. The maximum absolute atomic E-state index is 12.6. The quantitative estimate of drug-likeness (QED) is 0.552. The van der Waals surface area contributed by atoms with E-state index in [-0.39, 0.29) is 17.0 Å². The fourth-order valence-corrected chi connectivity index (χ4v) is 5.22. The van der Waals surface area contributed by atoms with E-state index in [1.54, 1.807) is 0 Å². The highest BCUT2D eigenvalue weighted by Crippen LogP contribution is 2.64. The number of carbonyl (C=O) groups is 1. The minimum Gasteiger partial charge on any atom is -0.454 e. The summed E-state index contributed by atoms with van der Waals surface area (Å²) >= 11 is 0. The first-order valence-electron chi connectivity index (χ1n) is 8.81. The smallest absolute Gasteiger partial charge is 0.312 e. The Morgan fingerprint density at radius 3 is 2.71 bits per heavy atom. The van der Waals surface area contributed by atoms with Crippen LogP contribution in [0.15, 0.2) is 12.2 Å². The molecule has 2 bridgehead atoms. The monoisotopic (exact) mass is 290 g/mol. The SMILES string of the molecule is C/C=C\C1(OC(=O)C(C)(C)CC)CC2CC1C1CCCC21. The molecule has 0 aromatic rings. The topological polar surface area (TPSA) is 26.3 Å². The normalized spacial score (nSPS) is 41.7. The third kappa shape index (κ3) is 2.26. The standard InChI is InChI=1S/C19H30O2/c1-5-10-19(21-17(20)18(3,4)6-2)12-13-11-16(19)15-9-7-8-14(13)15/h5,10,13-16H,6-9,11-12H2,1-4H3/b10-5-. The number of ether oxygens (including phenoxy) is 1. The summed E-state index contributed by atoms with van der Waals surface area (Å²) in [5, 5.41) is 0. The molecule has 2 heteroatoms. The molecule has 0 amide bonds. The Kier molecular flexibility index (Phi) is 3.70. The van der Waals surface area contributed by atoms with E-state index in [9.17, 15) is 4.79 Å². The fraction of sp³-hybridized carbons (Fsp3) is 0.842. The first-order chi connectivity index (χ1) is 9.93. The van der Waals surface area contributed by atoms with Crippen molar-refractivity contribution in [2.45, 2.75) is 71.8 Å². The van der Waals surface area contributed by atoms with Crippen molar-refractivity contribution in [2.24, 2.45) is 29.1 Å². The molecule has 0 aliphatic heterocycles. The molecule has 3 aliphatic rings. The van der Waals surface area contributed by atoms with Gasteiger partial charge in [0, 0.05) is 5.92 Å². The van der Waals surface area contributed by atoms with E-state index in [0.29, 0.717) is 5.92 Å². The minimum atomic E-state index is -0.370. The maximum Gasteiger partial charge on any atom is 0.312 e. The Morgan fingerprint density at radius 2 is 2.05 bits per heavy atom. The molecule has 21 heavy (non-hydrogen) atoms. The van der Waals surface area contributed by atoms with E-state index in [1.165, 1.54) is 25.7 Å². The average molecular weight is 290 g/mol. The van der Waals surface area contributed by atoms with Gasteiger partial charge in [0.05, 0.1) is 5.41 Å². The molecule has 3 saturated carbocycles. The number of rotatable bonds is 4. The second-order valence-electron chi connectivity index (χ2n) is 8.15. The van der Waals surface area contributed by atoms with Crippen molar-refractivity contribution in [2.75, 3.05) is 0 Å². The Balaban J connectivity index is 1.84. The van der Waals surface area contributed by atoms with Crippen LogP contribution in [0.5, 0.6) is 0 Å². The molecular formula is C19H30O2. The molecule has 3 aliphatic carbocycles. The fourth-order valence-electron chi connectivity index (χ4n) is 5.22. The van der Waals surface area contributed by atoms with E-state index in [4.69, 9.17) is 4.74 Å². The highest BCUT2D eigenvalue weighted by Gasteiger charge is 2.62.